The number of fused-ring (bicyclic) bond motifs is 1. The average molecular weight is 503 g/mol. The molecule has 0 spiro atoms. The van der Waals surface area contributed by atoms with E-state index in [0.29, 0.717) is 37.0 Å². The van der Waals surface area contributed by atoms with Crippen LogP contribution in [-0.2, 0) is 11.3 Å². The minimum atomic E-state index is -4.75. The van der Waals surface area contributed by atoms with E-state index < -0.39 is 12.5 Å². The minimum Gasteiger partial charge on any atom is -0.445 e. The van der Waals surface area contributed by atoms with Gasteiger partial charge in [-0.05, 0) is 37.6 Å². The molecule has 3 amide bonds. The molecular formula is C22H29F3N4O4S. The van der Waals surface area contributed by atoms with Gasteiger partial charge in [0.25, 0.3) is 0 Å². The number of likely N-dealkylation sites (tertiary alicyclic amines) is 3. The summed E-state index contributed by atoms with van der Waals surface area (Å²) in [6.07, 6.45) is -3.23. The lowest BCUT2D eigenvalue weighted by Gasteiger charge is -2.34. The lowest BCUT2D eigenvalue weighted by molar-refractivity contribution is -0.274. The quantitative estimate of drug-likeness (QED) is 0.621. The fourth-order valence-corrected chi connectivity index (χ4v) is 5.63. The highest BCUT2D eigenvalue weighted by atomic mass is 32.2. The third-order valence-electron chi connectivity index (χ3n) is 6.53. The van der Waals surface area contributed by atoms with Crippen molar-refractivity contribution in [3.05, 3.63) is 29.8 Å². The minimum absolute atomic E-state index is 0.0383. The number of alkyl halides is 3. The van der Waals surface area contributed by atoms with Crippen molar-refractivity contribution in [3.8, 4) is 5.75 Å². The molecular weight excluding hydrogens is 473 g/mol. The van der Waals surface area contributed by atoms with Crippen molar-refractivity contribution in [3.63, 3.8) is 0 Å². The summed E-state index contributed by atoms with van der Waals surface area (Å²) in [6, 6.07) is 5.32. The highest BCUT2D eigenvalue weighted by Crippen LogP contribution is 2.33. The number of carbonyl (C=O) groups is 2. The van der Waals surface area contributed by atoms with E-state index >= 15 is 0 Å². The number of hydrogen-bond donors (Lipinski definition) is 1. The molecule has 1 N–H and O–H groups in total. The molecule has 2 atom stereocenters. The van der Waals surface area contributed by atoms with E-state index in [0.717, 1.165) is 25.9 Å². The van der Waals surface area contributed by atoms with E-state index in [1.54, 1.807) is 16.8 Å². The van der Waals surface area contributed by atoms with Gasteiger partial charge >= 0.3 is 18.5 Å². The fraction of sp³-hybridized carbons (Fsp3) is 0.636. The molecule has 0 radical (unpaired) electrons. The lowest BCUT2D eigenvalue weighted by atomic mass is 10.0. The third kappa shape index (κ3) is 6.21. The van der Waals surface area contributed by atoms with Gasteiger partial charge in [-0.25, -0.2) is 9.59 Å². The predicted octanol–water partition coefficient (Wildman–Crippen LogP) is 3.54. The molecule has 1 aromatic rings. The number of urea groups is 1. The molecule has 3 saturated heterocycles. The number of nitrogens with one attached hydrogen (secondary N) is 1. The van der Waals surface area contributed by atoms with Crippen LogP contribution in [0.15, 0.2) is 24.3 Å². The van der Waals surface area contributed by atoms with E-state index in [-0.39, 0.29) is 30.2 Å². The van der Waals surface area contributed by atoms with Gasteiger partial charge < -0.3 is 24.2 Å². The first kappa shape index (κ1) is 24.8. The number of amides is 3. The number of benzene rings is 1. The molecule has 2 unspecified atom stereocenters. The topological polar surface area (TPSA) is 74.4 Å². The first-order chi connectivity index (χ1) is 16.2. The molecule has 0 aromatic heterocycles. The Morgan fingerprint density at radius 2 is 1.59 bits per heavy atom. The molecule has 188 valence electrons. The highest BCUT2D eigenvalue weighted by molar-refractivity contribution is 7.98. The molecule has 0 aliphatic carbocycles. The van der Waals surface area contributed by atoms with Gasteiger partial charge in [-0.1, -0.05) is 24.1 Å². The Balaban J connectivity index is 1.19. The average Bonchev–Trinajstić information content (AvgIpc) is 3.37. The normalized spacial score (nSPS) is 23.2. The second-order valence-corrected chi connectivity index (χ2v) is 10.2. The second kappa shape index (κ2) is 10.5. The van der Waals surface area contributed by atoms with Crippen LogP contribution in [0.1, 0.15) is 18.4 Å². The zero-order valence-corrected chi connectivity index (χ0v) is 19.7. The van der Waals surface area contributed by atoms with E-state index in [9.17, 15) is 22.8 Å². The van der Waals surface area contributed by atoms with Crippen LogP contribution in [-0.4, -0.2) is 84.8 Å². The number of ether oxygens (including phenoxy) is 2. The van der Waals surface area contributed by atoms with Gasteiger partial charge in [-0.2, -0.15) is 0 Å². The summed E-state index contributed by atoms with van der Waals surface area (Å²) in [6.45, 7) is 3.85. The first-order valence-corrected chi connectivity index (χ1v) is 12.2. The number of nitrogens with zero attached hydrogens (tertiary/aromatic N) is 3. The Morgan fingerprint density at radius 3 is 2.15 bits per heavy atom. The molecule has 3 fully saturated rings. The number of rotatable bonds is 5. The SMILES string of the molecule is CNSC1CCN(C(=O)N2CC3CN(C(=O)OCc4ccc(OC(F)(F)F)cc4)CC3C2)CC1. The van der Waals surface area contributed by atoms with Crippen molar-refractivity contribution in [2.24, 2.45) is 11.8 Å². The van der Waals surface area contributed by atoms with Crippen LogP contribution in [0.4, 0.5) is 22.8 Å². The van der Waals surface area contributed by atoms with E-state index in [1.807, 2.05) is 16.8 Å². The summed E-state index contributed by atoms with van der Waals surface area (Å²) >= 11 is 1.72. The Morgan fingerprint density at radius 1 is 1.00 bits per heavy atom. The third-order valence-corrected chi connectivity index (χ3v) is 7.57. The van der Waals surface area contributed by atoms with Crippen LogP contribution in [0.2, 0.25) is 0 Å². The van der Waals surface area contributed by atoms with E-state index in [2.05, 4.69) is 9.46 Å². The Labute approximate surface area is 200 Å². The van der Waals surface area contributed by atoms with Crippen LogP contribution < -0.4 is 9.46 Å². The maximum absolute atomic E-state index is 12.9. The summed E-state index contributed by atoms with van der Waals surface area (Å²) in [5.41, 5.74) is 0.566. The Kier molecular flexibility index (Phi) is 7.66. The van der Waals surface area contributed by atoms with Gasteiger partial charge in [0.15, 0.2) is 0 Å². The number of piperidine rings is 1. The summed E-state index contributed by atoms with van der Waals surface area (Å²) in [7, 11) is 1.92. The zero-order chi connectivity index (χ0) is 24.3. The molecule has 0 bridgehead atoms. The summed E-state index contributed by atoms with van der Waals surface area (Å²) in [5, 5.41) is 0.540. The smallest absolute Gasteiger partial charge is 0.445 e. The number of halogens is 3. The Bertz CT molecular complexity index is 851. The molecule has 1 aromatic carbocycles. The highest BCUT2D eigenvalue weighted by Gasteiger charge is 2.44. The lowest BCUT2D eigenvalue weighted by Crippen LogP contribution is -2.47. The van der Waals surface area contributed by atoms with Crippen molar-refractivity contribution in [1.29, 1.82) is 0 Å². The molecule has 34 heavy (non-hydrogen) atoms. The van der Waals surface area contributed by atoms with Crippen molar-refractivity contribution < 1.29 is 32.2 Å². The second-order valence-electron chi connectivity index (χ2n) is 8.87. The molecule has 4 rings (SSSR count). The van der Waals surface area contributed by atoms with Gasteiger partial charge in [-0.3, -0.25) is 4.72 Å². The van der Waals surface area contributed by atoms with Crippen LogP contribution >= 0.6 is 11.9 Å². The summed E-state index contributed by atoms with van der Waals surface area (Å²) < 4.78 is 49.0. The molecule has 3 heterocycles. The predicted molar refractivity (Wildman–Crippen MR) is 120 cm³/mol. The fourth-order valence-electron chi connectivity index (χ4n) is 4.85. The first-order valence-electron chi connectivity index (χ1n) is 11.3. The van der Waals surface area contributed by atoms with Gasteiger partial charge in [0.05, 0.1) is 0 Å². The number of hydrogen-bond acceptors (Lipinski definition) is 6. The largest absolute Gasteiger partial charge is 0.573 e. The number of carbonyl (C=O) groups excluding carboxylic acids is 2. The molecule has 12 heteroatoms. The maximum Gasteiger partial charge on any atom is 0.573 e. The van der Waals surface area contributed by atoms with Crippen LogP contribution in [0.25, 0.3) is 0 Å². The maximum atomic E-state index is 12.9. The summed E-state index contributed by atoms with van der Waals surface area (Å²) in [4.78, 5) is 30.9. The van der Waals surface area contributed by atoms with Crippen molar-refractivity contribution in [2.75, 3.05) is 46.3 Å². The Hall–Kier alpha value is -2.34. The van der Waals surface area contributed by atoms with Crippen LogP contribution in [0.3, 0.4) is 0 Å². The van der Waals surface area contributed by atoms with Gasteiger partial charge in [0.1, 0.15) is 12.4 Å². The molecule has 3 aliphatic rings. The van der Waals surface area contributed by atoms with E-state index in [4.69, 9.17) is 4.74 Å². The van der Waals surface area contributed by atoms with Crippen molar-refractivity contribution >= 4 is 24.1 Å². The zero-order valence-electron chi connectivity index (χ0n) is 18.9. The van der Waals surface area contributed by atoms with Gasteiger partial charge in [-0.15, -0.1) is 13.2 Å². The standard InChI is InChI=1S/C22H29F3N4O4S/c1-26-34-19-6-8-27(9-7-19)20(30)28-10-16-12-29(13-17(16)11-28)21(31)32-14-15-2-4-18(5-3-15)33-22(23,24)25/h2-5,16-17,19,26H,6-14H2,1H3. The van der Waals surface area contributed by atoms with Gasteiger partial charge in [0, 0.05) is 56.4 Å². The molecule has 8 nitrogen and oxygen atoms in total. The van der Waals surface area contributed by atoms with Gasteiger partial charge in [0.2, 0.25) is 0 Å². The van der Waals surface area contributed by atoms with Crippen LogP contribution in [0, 0.1) is 11.8 Å². The summed E-state index contributed by atoms with van der Waals surface area (Å²) in [5.74, 6) is 0.135. The molecule has 3 aliphatic heterocycles. The van der Waals surface area contributed by atoms with E-state index in [1.165, 1.54) is 24.3 Å². The van der Waals surface area contributed by atoms with Crippen molar-refractivity contribution in [2.45, 2.75) is 31.1 Å². The van der Waals surface area contributed by atoms with Crippen molar-refractivity contribution in [1.82, 2.24) is 19.4 Å². The molecule has 0 saturated carbocycles. The van der Waals surface area contributed by atoms with Crippen LogP contribution in [0.5, 0.6) is 5.75 Å². The monoisotopic (exact) mass is 502 g/mol.